The zero-order valence-electron chi connectivity index (χ0n) is 11.7. The topological polar surface area (TPSA) is 108 Å². The van der Waals surface area contributed by atoms with Crippen LogP contribution in [0.25, 0.3) is 0 Å². The number of fused-ring (bicyclic) bond motifs is 1. The quantitative estimate of drug-likeness (QED) is 0.399. The Morgan fingerprint density at radius 2 is 2.14 bits per heavy atom. The SMILES string of the molecule is COCC1=C(C(=O)OCOC(C)=O)N2C(=O)C(N)[C@H]2SC1. The molecular weight excluding hydrogens is 300 g/mol. The van der Waals surface area contributed by atoms with Crippen LogP contribution in [0.2, 0.25) is 0 Å². The number of thioether (sulfide) groups is 1. The van der Waals surface area contributed by atoms with Crippen molar-refractivity contribution in [2.75, 3.05) is 26.3 Å². The van der Waals surface area contributed by atoms with E-state index in [9.17, 15) is 14.4 Å². The summed E-state index contributed by atoms with van der Waals surface area (Å²) in [4.78, 5) is 36.0. The fourth-order valence-electron chi connectivity index (χ4n) is 2.09. The number of ether oxygens (including phenoxy) is 3. The van der Waals surface area contributed by atoms with Gasteiger partial charge in [0.1, 0.15) is 17.1 Å². The molecule has 0 spiro atoms. The molecule has 1 fully saturated rings. The van der Waals surface area contributed by atoms with Gasteiger partial charge in [-0.3, -0.25) is 14.5 Å². The molecule has 2 aliphatic heterocycles. The van der Waals surface area contributed by atoms with Crippen molar-refractivity contribution in [3.05, 3.63) is 11.3 Å². The first-order valence-electron chi connectivity index (χ1n) is 6.19. The van der Waals surface area contributed by atoms with Crippen molar-refractivity contribution in [3.8, 4) is 0 Å². The van der Waals surface area contributed by atoms with Crippen molar-refractivity contribution in [2.45, 2.75) is 18.3 Å². The average molecular weight is 316 g/mol. The largest absolute Gasteiger partial charge is 0.428 e. The fourth-order valence-corrected chi connectivity index (χ4v) is 3.36. The number of carbonyl (C=O) groups is 3. The molecule has 2 heterocycles. The van der Waals surface area contributed by atoms with E-state index in [0.717, 1.165) is 0 Å². The van der Waals surface area contributed by atoms with E-state index in [-0.39, 0.29) is 23.6 Å². The molecule has 0 bridgehead atoms. The smallest absolute Gasteiger partial charge is 0.358 e. The minimum Gasteiger partial charge on any atom is -0.428 e. The summed E-state index contributed by atoms with van der Waals surface area (Å²) in [7, 11) is 1.50. The molecule has 0 aromatic heterocycles. The van der Waals surface area contributed by atoms with Crippen LogP contribution in [-0.2, 0) is 28.6 Å². The van der Waals surface area contributed by atoms with Gasteiger partial charge in [0.2, 0.25) is 12.7 Å². The highest BCUT2D eigenvalue weighted by atomic mass is 32.2. The van der Waals surface area contributed by atoms with Gasteiger partial charge in [0, 0.05) is 19.8 Å². The van der Waals surface area contributed by atoms with Crippen molar-refractivity contribution < 1.29 is 28.6 Å². The molecule has 2 rings (SSSR count). The van der Waals surface area contributed by atoms with Crippen molar-refractivity contribution in [1.82, 2.24) is 4.90 Å². The van der Waals surface area contributed by atoms with Crippen molar-refractivity contribution >= 4 is 29.6 Å². The normalized spacial score (nSPS) is 24.3. The van der Waals surface area contributed by atoms with Crippen molar-refractivity contribution in [2.24, 2.45) is 5.73 Å². The Balaban J connectivity index is 2.15. The van der Waals surface area contributed by atoms with E-state index in [1.165, 1.54) is 30.7 Å². The van der Waals surface area contributed by atoms with Gasteiger partial charge >= 0.3 is 11.9 Å². The highest BCUT2D eigenvalue weighted by Crippen LogP contribution is 2.39. The minimum absolute atomic E-state index is 0.138. The second-order valence-corrected chi connectivity index (χ2v) is 5.61. The van der Waals surface area contributed by atoms with Gasteiger partial charge in [-0.25, -0.2) is 4.79 Å². The first kappa shape index (κ1) is 15.8. The summed E-state index contributed by atoms with van der Waals surface area (Å²) in [5.41, 5.74) is 6.49. The van der Waals surface area contributed by atoms with E-state index in [1.54, 1.807) is 0 Å². The number of nitrogens with two attached hydrogens (primary N) is 1. The first-order valence-corrected chi connectivity index (χ1v) is 7.24. The number of β-lactam (4-membered cyclic amide) rings is 1. The van der Waals surface area contributed by atoms with Crippen LogP contribution >= 0.6 is 11.8 Å². The average Bonchev–Trinajstić information content (AvgIpc) is 2.45. The maximum Gasteiger partial charge on any atom is 0.358 e. The number of hydrogen-bond donors (Lipinski definition) is 1. The summed E-state index contributed by atoms with van der Waals surface area (Å²) < 4.78 is 14.5. The van der Waals surface area contributed by atoms with Gasteiger partial charge in [-0.05, 0) is 5.57 Å². The van der Waals surface area contributed by atoms with Crippen LogP contribution in [0.15, 0.2) is 11.3 Å². The van der Waals surface area contributed by atoms with Gasteiger partial charge in [0.15, 0.2) is 0 Å². The molecule has 0 aromatic rings. The zero-order valence-corrected chi connectivity index (χ0v) is 12.5. The number of hydrogen-bond acceptors (Lipinski definition) is 8. The van der Waals surface area contributed by atoms with Gasteiger partial charge in [0.25, 0.3) is 0 Å². The van der Waals surface area contributed by atoms with E-state index in [1.807, 2.05) is 0 Å². The zero-order chi connectivity index (χ0) is 15.6. The molecular formula is C12H16N2O6S. The van der Waals surface area contributed by atoms with Gasteiger partial charge in [-0.1, -0.05) is 0 Å². The Hall–Kier alpha value is -1.58. The van der Waals surface area contributed by atoms with Gasteiger partial charge in [0.05, 0.1) is 6.61 Å². The Bertz CT molecular complexity index is 506. The molecule has 21 heavy (non-hydrogen) atoms. The fraction of sp³-hybridized carbons (Fsp3) is 0.583. The Labute approximate surface area is 125 Å². The maximum absolute atomic E-state index is 12.1. The van der Waals surface area contributed by atoms with Crippen LogP contribution in [0.1, 0.15) is 6.92 Å². The molecule has 1 unspecified atom stereocenters. The third-order valence-electron chi connectivity index (χ3n) is 3.05. The maximum atomic E-state index is 12.1. The predicted molar refractivity (Wildman–Crippen MR) is 72.7 cm³/mol. The molecule has 116 valence electrons. The number of amides is 1. The molecule has 8 nitrogen and oxygen atoms in total. The van der Waals surface area contributed by atoms with Gasteiger partial charge < -0.3 is 19.9 Å². The third-order valence-corrected chi connectivity index (χ3v) is 4.41. The molecule has 0 aliphatic carbocycles. The van der Waals surface area contributed by atoms with E-state index in [0.29, 0.717) is 11.3 Å². The van der Waals surface area contributed by atoms with Crippen LogP contribution in [0.5, 0.6) is 0 Å². The molecule has 2 N–H and O–H groups in total. The molecule has 0 saturated carbocycles. The van der Waals surface area contributed by atoms with Crippen molar-refractivity contribution in [3.63, 3.8) is 0 Å². The molecule has 2 aliphatic rings. The number of carbonyl (C=O) groups excluding carboxylic acids is 3. The summed E-state index contributed by atoms with van der Waals surface area (Å²) in [5, 5.41) is -0.269. The second-order valence-electron chi connectivity index (χ2n) is 4.51. The van der Waals surface area contributed by atoms with Gasteiger partial charge in [-0.2, -0.15) is 0 Å². The molecule has 1 saturated heterocycles. The standard InChI is InChI=1S/C12H16N2O6S/c1-6(15)19-5-20-12(17)9-7(3-18-2)4-21-11-8(13)10(16)14(9)11/h8,11H,3-5,13H2,1-2H3/t8?,11-/m1/s1. The van der Waals surface area contributed by atoms with Gasteiger partial charge in [-0.15, -0.1) is 11.8 Å². The van der Waals surface area contributed by atoms with E-state index in [2.05, 4.69) is 4.74 Å². The summed E-state index contributed by atoms with van der Waals surface area (Å²) in [6, 6.07) is -0.615. The summed E-state index contributed by atoms with van der Waals surface area (Å²) in [6.07, 6.45) is 0. The van der Waals surface area contributed by atoms with Crippen LogP contribution in [0.4, 0.5) is 0 Å². The first-order chi connectivity index (χ1) is 9.97. The number of rotatable bonds is 5. The van der Waals surface area contributed by atoms with E-state index < -0.39 is 24.8 Å². The highest BCUT2D eigenvalue weighted by Gasteiger charge is 2.52. The number of esters is 2. The highest BCUT2D eigenvalue weighted by molar-refractivity contribution is 8.00. The van der Waals surface area contributed by atoms with Crippen LogP contribution < -0.4 is 5.73 Å². The lowest BCUT2D eigenvalue weighted by Crippen LogP contribution is -2.68. The molecule has 9 heteroatoms. The summed E-state index contributed by atoms with van der Waals surface area (Å²) in [6.45, 7) is 0.912. The van der Waals surface area contributed by atoms with Crippen LogP contribution in [0, 0.1) is 0 Å². The lowest BCUT2D eigenvalue weighted by Gasteiger charge is -2.48. The summed E-state index contributed by atoms with van der Waals surface area (Å²) >= 11 is 1.47. The number of nitrogens with zero attached hydrogens (tertiary/aromatic N) is 1. The third kappa shape index (κ3) is 3.04. The molecule has 0 radical (unpaired) electrons. The van der Waals surface area contributed by atoms with E-state index in [4.69, 9.17) is 15.2 Å². The van der Waals surface area contributed by atoms with Crippen molar-refractivity contribution in [1.29, 1.82) is 0 Å². The monoisotopic (exact) mass is 316 g/mol. The van der Waals surface area contributed by atoms with E-state index >= 15 is 0 Å². The Morgan fingerprint density at radius 3 is 2.76 bits per heavy atom. The Morgan fingerprint density at radius 1 is 1.43 bits per heavy atom. The predicted octanol–water partition coefficient (Wildman–Crippen LogP) is -0.807. The molecule has 2 atom stereocenters. The second kappa shape index (κ2) is 6.46. The number of methoxy groups -OCH3 is 1. The van der Waals surface area contributed by atoms with Crippen LogP contribution in [-0.4, -0.2) is 60.4 Å². The minimum atomic E-state index is -0.728. The summed E-state index contributed by atoms with van der Waals surface area (Å²) in [5.74, 6) is -1.10. The Kier molecular flexibility index (Phi) is 4.86. The lowest BCUT2D eigenvalue weighted by atomic mass is 10.0. The molecule has 1 amide bonds. The molecule has 0 aromatic carbocycles. The lowest BCUT2D eigenvalue weighted by molar-refractivity contribution is -0.166. The van der Waals surface area contributed by atoms with Crippen LogP contribution in [0.3, 0.4) is 0 Å².